The van der Waals surface area contributed by atoms with Gasteiger partial charge in [0.15, 0.2) is 0 Å². The Bertz CT molecular complexity index is 417. The van der Waals surface area contributed by atoms with E-state index in [0.29, 0.717) is 9.23 Å². The Hall–Kier alpha value is -0.130. The van der Waals surface area contributed by atoms with Crippen molar-refractivity contribution in [1.29, 1.82) is 0 Å². The number of thioether (sulfide) groups is 1. The van der Waals surface area contributed by atoms with Gasteiger partial charge in [-0.15, -0.1) is 11.8 Å². The summed E-state index contributed by atoms with van der Waals surface area (Å²) in [6.45, 7) is 0. The molecular weight excluding hydrogens is 237 g/mol. The molecular formula is C10H6NNaOS2. The van der Waals surface area contributed by atoms with Crippen LogP contribution in [0.5, 0.6) is 0 Å². The summed E-state index contributed by atoms with van der Waals surface area (Å²) in [5.41, 5.74) is 0.989. The van der Waals surface area contributed by atoms with E-state index in [2.05, 4.69) is 5.32 Å². The molecule has 2 rings (SSSR count). The van der Waals surface area contributed by atoms with Crippen molar-refractivity contribution in [2.24, 2.45) is 0 Å². The molecule has 0 bridgehead atoms. The van der Waals surface area contributed by atoms with Gasteiger partial charge in [0.1, 0.15) is 0 Å². The number of amides is 1. The zero-order valence-corrected chi connectivity index (χ0v) is 11.8. The van der Waals surface area contributed by atoms with Crippen LogP contribution in [0, 0.1) is 0 Å². The number of hydrogen-bond donors (Lipinski definition) is 0. The average Bonchev–Trinajstić information content (AvgIpc) is 2.47. The van der Waals surface area contributed by atoms with Crippen molar-refractivity contribution >= 4 is 40.3 Å². The topological polar surface area (TPSA) is 31.2 Å². The number of carbonyl (C=O) groups excluding carboxylic acids is 1. The van der Waals surface area contributed by atoms with Crippen molar-refractivity contribution in [1.82, 2.24) is 0 Å². The van der Waals surface area contributed by atoms with Gasteiger partial charge in [-0.05, 0) is 16.0 Å². The predicted octanol–water partition coefficient (Wildman–Crippen LogP) is -0.0365. The molecule has 1 saturated heterocycles. The molecule has 5 heteroatoms. The molecule has 0 saturated carbocycles. The van der Waals surface area contributed by atoms with Crippen LogP contribution < -0.4 is 29.6 Å². The van der Waals surface area contributed by atoms with Crippen LogP contribution in [0.15, 0.2) is 35.2 Å². The molecule has 1 aromatic carbocycles. The van der Waals surface area contributed by atoms with Gasteiger partial charge in [-0.25, -0.2) is 0 Å². The molecule has 0 radical (unpaired) electrons. The van der Waals surface area contributed by atoms with Gasteiger partial charge in [-0.1, -0.05) is 42.5 Å². The van der Waals surface area contributed by atoms with Crippen LogP contribution in [0.3, 0.4) is 0 Å². The van der Waals surface area contributed by atoms with E-state index in [4.69, 9.17) is 12.2 Å². The second-order valence-electron chi connectivity index (χ2n) is 2.70. The van der Waals surface area contributed by atoms with Crippen LogP contribution in [0.25, 0.3) is 11.4 Å². The summed E-state index contributed by atoms with van der Waals surface area (Å²) in [6, 6.07) is 9.64. The van der Waals surface area contributed by atoms with Crippen LogP contribution >= 0.6 is 24.0 Å². The molecule has 1 fully saturated rings. The summed E-state index contributed by atoms with van der Waals surface area (Å²) in [5.74, 6) is -0.233. The molecule has 0 aliphatic carbocycles. The van der Waals surface area contributed by atoms with E-state index in [-0.39, 0.29) is 35.5 Å². The molecule has 0 aromatic heterocycles. The Labute approximate surface area is 120 Å². The predicted molar refractivity (Wildman–Crippen MR) is 63.0 cm³/mol. The largest absolute Gasteiger partial charge is 1.00 e. The quantitative estimate of drug-likeness (QED) is 0.394. The van der Waals surface area contributed by atoms with E-state index in [0.717, 1.165) is 5.56 Å². The van der Waals surface area contributed by atoms with Crippen molar-refractivity contribution in [2.75, 3.05) is 0 Å². The molecule has 70 valence electrons. The minimum atomic E-state index is -0.233. The number of thiocarbonyl (C=S) groups is 1. The number of carbonyl (C=O) groups is 1. The van der Waals surface area contributed by atoms with Crippen molar-refractivity contribution in [2.45, 2.75) is 0 Å². The average molecular weight is 243 g/mol. The van der Waals surface area contributed by atoms with Gasteiger partial charge in [0, 0.05) is 4.91 Å². The SMILES string of the molecule is O=C1[N-]C(=S)SC1=Cc1ccccc1.[Na+]. The molecule has 1 aromatic rings. The first-order chi connectivity index (χ1) is 6.75. The number of benzene rings is 1. The summed E-state index contributed by atoms with van der Waals surface area (Å²) >= 11 is 6.07. The number of rotatable bonds is 1. The molecule has 15 heavy (non-hydrogen) atoms. The van der Waals surface area contributed by atoms with Crippen LogP contribution in [0.1, 0.15) is 5.56 Å². The summed E-state index contributed by atoms with van der Waals surface area (Å²) in [6.07, 6.45) is 1.80. The van der Waals surface area contributed by atoms with Crippen molar-refractivity contribution in [3.8, 4) is 0 Å². The first kappa shape index (κ1) is 12.9. The summed E-state index contributed by atoms with van der Waals surface area (Å²) in [5, 5.41) is 3.65. The van der Waals surface area contributed by atoms with Gasteiger partial charge in [0.2, 0.25) is 0 Å². The van der Waals surface area contributed by atoms with Crippen LogP contribution in [0.4, 0.5) is 0 Å². The maximum Gasteiger partial charge on any atom is 1.00 e. The van der Waals surface area contributed by atoms with E-state index in [1.54, 1.807) is 6.08 Å². The summed E-state index contributed by atoms with van der Waals surface area (Å²) in [4.78, 5) is 11.8. The minimum absolute atomic E-state index is 0. The Morgan fingerprint density at radius 2 is 1.93 bits per heavy atom. The third-order valence-electron chi connectivity index (χ3n) is 1.70. The second-order valence-corrected chi connectivity index (χ2v) is 4.38. The zero-order valence-electron chi connectivity index (χ0n) is 8.14. The summed E-state index contributed by atoms with van der Waals surface area (Å²) in [7, 11) is 0. The third-order valence-corrected chi connectivity index (χ3v) is 2.82. The zero-order chi connectivity index (χ0) is 9.97. The molecule has 0 spiro atoms. The van der Waals surface area contributed by atoms with E-state index >= 15 is 0 Å². The van der Waals surface area contributed by atoms with E-state index < -0.39 is 0 Å². The fourth-order valence-corrected chi connectivity index (χ4v) is 2.09. The number of nitrogens with zero attached hydrogens (tertiary/aromatic N) is 1. The molecule has 1 amide bonds. The second kappa shape index (κ2) is 5.82. The Balaban J connectivity index is 0.00000112. The van der Waals surface area contributed by atoms with Crippen molar-refractivity contribution in [3.63, 3.8) is 0 Å². The van der Waals surface area contributed by atoms with Gasteiger partial charge in [-0.3, -0.25) is 0 Å². The van der Waals surface area contributed by atoms with Gasteiger partial charge in [-0.2, -0.15) is 0 Å². The van der Waals surface area contributed by atoms with Gasteiger partial charge in [0.25, 0.3) is 0 Å². The molecule has 1 heterocycles. The van der Waals surface area contributed by atoms with E-state index in [1.165, 1.54) is 11.8 Å². The smallest absolute Gasteiger partial charge is 0.607 e. The monoisotopic (exact) mass is 243 g/mol. The van der Waals surface area contributed by atoms with Crippen LogP contribution in [-0.4, -0.2) is 10.2 Å². The van der Waals surface area contributed by atoms with Gasteiger partial charge in [0.05, 0.1) is 5.91 Å². The van der Waals surface area contributed by atoms with Gasteiger partial charge >= 0.3 is 29.6 Å². The first-order valence-electron chi connectivity index (χ1n) is 4.00. The van der Waals surface area contributed by atoms with E-state index in [9.17, 15) is 4.79 Å². The maximum atomic E-state index is 11.2. The molecule has 0 unspecified atom stereocenters. The fourth-order valence-electron chi connectivity index (χ4n) is 1.09. The van der Waals surface area contributed by atoms with Crippen molar-refractivity contribution < 1.29 is 34.4 Å². The molecule has 1 aliphatic heterocycles. The Morgan fingerprint density at radius 1 is 1.27 bits per heavy atom. The molecule has 0 N–H and O–H groups in total. The first-order valence-corrected chi connectivity index (χ1v) is 5.23. The Morgan fingerprint density at radius 3 is 2.47 bits per heavy atom. The molecule has 2 nitrogen and oxygen atoms in total. The Kier molecular flexibility index (Phi) is 5.02. The minimum Gasteiger partial charge on any atom is -0.607 e. The van der Waals surface area contributed by atoms with Gasteiger partial charge < -0.3 is 10.1 Å². The third kappa shape index (κ3) is 3.43. The number of hydrogen-bond acceptors (Lipinski definition) is 3. The van der Waals surface area contributed by atoms with Crippen LogP contribution in [-0.2, 0) is 4.79 Å². The van der Waals surface area contributed by atoms with Crippen molar-refractivity contribution in [3.05, 3.63) is 46.1 Å². The maximum absolute atomic E-state index is 11.2. The normalized spacial score (nSPS) is 17.5. The van der Waals surface area contributed by atoms with E-state index in [1.807, 2.05) is 30.3 Å². The standard InChI is InChI=1S/C10H7NOS2.Na/c12-9-8(14-10(13)11-9)6-7-4-2-1-3-5-7;/h1-6H,(H,11,12,13);/q;+1/p-1. The van der Waals surface area contributed by atoms with Crippen LogP contribution in [0.2, 0.25) is 0 Å². The molecule has 0 atom stereocenters. The fraction of sp³-hybridized carbons (Fsp3) is 0. The summed E-state index contributed by atoms with van der Waals surface area (Å²) < 4.78 is 0.400. The molecule has 1 aliphatic rings.